The zero-order valence-corrected chi connectivity index (χ0v) is 13.0. The molecule has 112 valence electrons. The molecule has 1 aromatic carbocycles. The van der Waals surface area contributed by atoms with Gasteiger partial charge in [-0.25, -0.2) is 0 Å². The van der Waals surface area contributed by atoms with Crippen molar-refractivity contribution in [2.75, 3.05) is 14.2 Å². The monoisotopic (exact) mass is 275 g/mol. The Kier molecular flexibility index (Phi) is 6.38. The summed E-state index contributed by atoms with van der Waals surface area (Å²) in [4.78, 5) is 0. The lowest BCUT2D eigenvalue weighted by Gasteiger charge is -2.24. The van der Waals surface area contributed by atoms with Crippen LogP contribution < -0.4 is 10.1 Å². The van der Waals surface area contributed by atoms with Crippen LogP contribution in [0.1, 0.15) is 50.5 Å². The number of ether oxygens (including phenoxy) is 1. The fourth-order valence-electron chi connectivity index (χ4n) is 3.35. The lowest BCUT2D eigenvalue weighted by atomic mass is 9.84. The molecule has 20 heavy (non-hydrogen) atoms. The number of nitrogens with one attached hydrogen (secondary N) is 1. The van der Waals surface area contributed by atoms with Crippen LogP contribution in [0.15, 0.2) is 24.3 Å². The summed E-state index contributed by atoms with van der Waals surface area (Å²) in [6.45, 7) is 0. The van der Waals surface area contributed by atoms with Crippen molar-refractivity contribution in [2.24, 2.45) is 5.92 Å². The molecule has 2 nitrogen and oxygen atoms in total. The lowest BCUT2D eigenvalue weighted by Crippen LogP contribution is -2.28. The average molecular weight is 275 g/mol. The van der Waals surface area contributed by atoms with E-state index in [1.165, 1.54) is 50.5 Å². The summed E-state index contributed by atoms with van der Waals surface area (Å²) in [7, 11) is 3.82. The molecule has 1 aliphatic carbocycles. The smallest absolute Gasteiger partial charge is 0.119 e. The molecule has 1 aromatic rings. The van der Waals surface area contributed by atoms with Gasteiger partial charge in [-0.2, -0.15) is 0 Å². The molecule has 0 aromatic heterocycles. The Labute approximate surface area is 123 Å². The molecule has 1 aliphatic rings. The molecule has 1 fully saturated rings. The zero-order valence-electron chi connectivity index (χ0n) is 13.0. The molecule has 0 bridgehead atoms. The fourth-order valence-corrected chi connectivity index (χ4v) is 3.35. The normalized spacial score (nSPS) is 17.9. The van der Waals surface area contributed by atoms with Crippen LogP contribution in [0.3, 0.4) is 0 Å². The van der Waals surface area contributed by atoms with E-state index in [2.05, 4.69) is 30.6 Å². The predicted octanol–water partition coefficient (Wildman–Crippen LogP) is 4.19. The second kappa shape index (κ2) is 8.31. The molecule has 1 N–H and O–H groups in total. The summed E-state index contributed by atoms with van der Waals surface area (Å²) in [5.41, 5.74) is 1.37. The Morgan fingerprint density at radius 1 is 1.25 bits per heavy atom. The Morgan fingerprint density at radius 2 is 2.05 bits per heavy atom. The van der Waals surface area contributed by atoms with Gasteiger partial charge in [0.15, 0.2) is 0 Å². The highest BCUT2D eigenvalue weighted by molar-refractivity contribution is 5.28. The van der Waals surface area contributed by atoms with Crippen molar-refractivity contribution in [3.8, 4) is 5.75 Å². The summed E-state index contributed by atoms with van der Waals surface area (Å²) < 4.78 is 5.30. The molecule has 0 aliphatic heterocycles. The summed E-state index contributed by atoms with van der Waals surface area (Å²) in [6.07, 6.45) is 11.0. The van der Waals surface area contributed by atoms with Gasteiger partial charge < -0.3 is 10.1 Å². The number of hydrogen-bond donors (Lipinski definition) is 1. The first kappa shape index (κ1) is 15.4. The van der Waals surface area contributed by atoms with Gasteiger partial charge in [-0.15, -0.1) is 0 Å². The van der Waals surface area contributed by atoms with Gasteiger partial charge in [0.2, 0.25) is 0 Å². The van der Waals surface area contributed by atoms with Crippen LogP contribution in [0.4, 0.5) is 0 Å². The Balaban J connectivity index is 1.81. The largest absolute Gasteiger partial charge is 0.497 e. The molecular formula is C18H29NO. The molecule has 1 atom stereocenters. The van der Waals surface area contributed by atoms with E-state index in [9.17, 15) is 0 Å². The maximum absolute atomic E-state index is 5.30. The van der Waals surface area contributed by atoms with Gasteiger partial charge >= 0.3 is 0 Å². The van der Waals surface area contributed by atoms with E-state index >= 15 is 0 Å². The van der Waals surface area contributed by atoms with E-state index in [0.29, 0.717) is 6.04 Å². The van der Waals surface area contributed by atoms with E-state index in [1.807, 2.05) is 6.07 Å². The molecule has 0 radical (unpaired) electrons. The first-order valence-electron chi connectivity index (χ1n) is 8.12. The Morgan fingerprint density at radius 3 is 2.75 bits per heavy atom. The summed E-state index contributed by atoms with van der Waals surface area (Å²) in [6, 6.07) is 9.05. The Bertz CT molecular complexity index is 385. The van der Waals surface area contributed by atoms with Crippen LogP contribution in [0.2, 0.25) is 0 Å². The molecular weight excluding hydrogens is 246 g/mol. The van der Waals surface area contributed by atoms with Crippen LogP contribution in [0.5, 0.6) is 5.75 Å². The highest BCUT2D eigenvalue weighted by Gasteiger charge is 2.16. The second-order valence-corrected chi connectivity index (χ2v) is 6.12. The Hall–Kier alpha value is -1.02. The van der Waals surface area contributed by atoms with Crippen LogP contribution in [-0.2, 0) is 6.42 Å². The minimum Gasteiger partial charge on any atom is -0.497 e. The number of hydrogen-bond acceptors (Lipinski definition) is 2. The molecule has 0 heterocycles. The number of likely N-dealkylation sites (N-methyl/N-ethyl adjacent to an activating group) is 1. The topological polar surface area (TPSA) is 21.3 Å². The van der Waals surface area contributed by atoms with Crippen molar-refractivity contribution in [1.29, 1.82) is 0 Å². The number of benzene rings is 1. The minimum absolute atomic E-state index is 0.587. The lowest BCUT2D eigenvalue weighted by molar-refractivity contribution is 0.315. The quantitative estimate of drug-likeness (QED) is 0.806. The molecule has 2 heteroatoms. The van der Waals surface area contributed by atoms with Crippen molar-refractivity contribution in [3.63, 3.8) is 0 Å². The molecule has 2 rings (SSSR count). The van der Waals surface area contributed by atoms with Gasteiger partial charge in [-0.3, -0.25) is 0 Å². The second-order valence-electron chi connectivity index (χ2n) is 6.12. The van der Waals surface area contributed by atoms with Crippen molar-refractivity contribution < 1.29 is 4.74 Å². The maximum atomic E-state index is 5.30. The van der Waals surface area contributed by atoms with Gasteiger partial charge in [-0.05, 0) is 49.9 Å². The highest BCUT2D eigenvalue weighted by atomic mass is 16.5. The molecule has 1 unspecified atom stereocenters. The third kappa shape index (κ3) is 4.82. The van der Waals surface area contributed by atoms with Crippen LogP contribution >= 0.6 is 0 Å². The third-order valence-corrected chi connectivity index (χ3v) is 4.67. The summed E-state index contributed by atoms with van der Waals surface area (Å²) >= 11 is 0. The van der Waals surface area contributed by atoms with Crippen molar-refractivity contribution in [3.05, 3.63) is 29.8 Å². The predicted molar refractivity (Wildman–Crippen MR) is 85.4 cm³/mol. The van der Waals surface area contributed by atoms with E-state index < -0.39 is 0 Å². The first-order chi connectivity index (χ1) is 9.81. The van der Waals surface area contributed by atoms with Gasteiger partial charge in [0.25, 0.3) is 0 Å². The molecule has 0 amide bonds. The van der Waals surface area contributed by atoms with Crippen molar-refractivity contribution >= 4 is 0 Å². The van der Waals surface area contributed by atoms with Gasteiger partial charge in [-0.1, -0.05) is 44.2 Å². The summed E-state index contributed by atoms with van der Waals surface area (Å²) in [5, 5.41) is 3.49. The fraction of sp³-hybridized carbons (Fsp3) is 0.667. The molecule has 0 spiro atoms. The van der Waals surface area contributed by atoms with Crippen LogP contribution in [0, 0.1) is 5.92 Å². The van der Waals surface area contributed by atoms with Gasteiger partial charge in [0.1, 0.15) is 5.75 Å². The van der Waals surface area contributed by atoms with Crippen molar-refractivity contribution in [2.45, 2.75) is 57.4 Å². The average Bonchev–Trinajstić information content (AvgIpc) is 2.52. The van der Waals surface area contributed by atoms with E-state index in [4.69, 9.17) is 4.74 Å². The maximum Gasteiger partial charge on any atom is 0.119 e. The third-order valence-electron chi connectivity index (χ3n) is 4.67. The van der Waals surface area contributed by atoms with E-state index in [-0.39, 0.29) is 0 Å². The van der Waals surface area contributed by atoms with Crippen molar-refractivity contribution in [1.82, 2.24) is 5.32 Å². The van der Waals surface area contributed by atoms with Gasteiger partial charge in [0, 0.05) is 6.04 Å². The zero-order chi connectivity index (χ0) is 14.2. The van der Waals surface area contributed by atoms with Crippen LogP contribution in [0.25, 0.3) is 0 Å². The highest BCUT2D eigenvalue weighted by Crippen LogP contribution is 2.28. The van der Waals surface area contributed by atoms with Gasteiger partial charge in [0.05, 0.1) is 7.11 Å². The molecule has 0 saturated heterocycles. The first-order valence-corrected chi connectivity index (χ1v) is 8.12. The SMILES string of the molecule is CNC(CCC1CCCCC1)Cc1cccc(OC)c1. The standard InChI is InChI=1S/C18H29NO/c1-19-17(12-11-15-7-4-3-5-8-15)13-16-9-6-10-18(14-16)20-2/h6,9-10,14-15,17,19H,3-5,7-8,11-13H2,1-2H3. The number of rotatable bonds is 7. The number of methoxy groups -OCH3 is 1. The van der Waals surface area contributed by atoms with E-state index in [0.717, 1.165) is 18.1 Å². The minimum atomic E-state index is 0.587. The van der Waals surface area contributed by atoms with E-state index in [1.54, 1.807) is 7.11 Å². The molecule has 1 saturated carbocycles. The van der Waals surface area contributed by atoms with Crippen LogP contribution in [-0.4, -0.2) is 20.2 Å². The summed E-state index contributed by atoms with van der Waals surface area (Å²) in [5.74, 6) is 1.94.